The van der Waals surface area contributed by atoms with Crippen LogP contribution in [0.5, 0.6) is 0 Å². The Hall–Kier alpha value is -1.40. The van der Waals surface area contributed by atoms with E-state index in [9.17, 15) is 4.79 Å². The molecule has 0 bridgehead atoms. The minimum Gasteiger partial charge on any atom is -0.460 e. The predicted octanol–water partition coefficient (Wildman–Crippen LogP) is 5.71. The topological polar surface area (TPSA) is 38.3 Å². The minimum atomic E-state index is -0.647. The number of carbonyl (C=O) groups is 1. The molecule has 0 aliphatic carbocycles. The molecule has 0 heterocycles. The highest BCUT2D eigenvalue weighted by Gasteiger charge is 2.37. The monoisotopic (exact) mass is 493 g/mol. The van der Waals surface area contributed by atoms with Gasteiger partial charge in [-0.2, -0.15) is 0 Å². The van der Waals surface area contributed by atoms with Crippen molar-refractivity contribution in [3.8, 4) is 0 Å². The number of ether oxygens (including phenoxy) is 1. The summed E-state index contributed by atoms with van der Waals surface area (Å²) in [5.41, 5.74) is 1.60. The fourth-order valence-electron chi connectivity index (χ4n) is 3.57. The maximum absolute atomic E-state index is 13.2. The molecule has 1 atom stereocenters. The zero-order chi connectivity index (χ0) is 20.6. The van der Waals surface area contributed by atoms with Crippen LogP contribution in [0.25, 0.3) is 0 Å². The summed E-state index contributed by atoms with van der Waals surface area (Å²) in [7, 11) is 1.98. The maximum Gasteiger partial charge on any atom is 0.316 e. The Morgan fingerprint density at radius 3 is 2.39 bits per heavy atom. The van der Waals surface area contributed by atoms with Crippen LogP contribution in [0.4, 0.5) is 0 Å². The second-order valence-corrected chi connectivity index (χ2v) is 9.70. The minimum absolute atomic E-state index is 0.148. The average molecular weight is 493 g/mol. The second kappa shape index (κ2) is 10.4. The van der Waals surface area contributed by atoms with Gasteiger partial charge in [0.25, 0.3) is 0 Å². The van der Waals surface area contributed by atoms with Gasteiger partial charge >= 0.3 is 5.97 Å². The number of benzene rings is 2. The number of esters is 1. The Kier molecular flexibility index (Phi) is 8.50. The molecule has 152 valence electrons. The van der Waals surface area contributed by atoms with Crippen LogP contribution < -0.4 is 5.32 Å². The van der Waals surface area contributed by atoms with Gasteiger partial charge in [-0.25, -0.2) is 0 Å². The van der Waals surface area contributed by atoms with Crippen LogP contribution in [0.2, 0.25) is 0 Å². The number of rotatable bonds is 10. The first-order chi connectivity index (χ1) is 13.3. The van der Waals surface area contributed by atoms with Crippen LogP contribution in [0.1, 0.15) is 51.2 Å². The molecular weight excluding hydrogens is 461 g/mol. The number of halogens is 1. The highest BCUT2D eigenvalue weighted by Crippen LogP contribution is 2.34. The molecule has 0 radical (unpaired) electrons. The first-order valence-electron chi connectivity index (χ1n) is 9.89. The van der Waals surface area contributed by atoms with Crippen LogP contribution in [0, 0.1) is 8.99 Å². The van der Waals surface area contributed by atoms with E-state index < -0.39 is 5.41 Å². The van der Waals surface area contributed by atoms with Gasteiger partial charge in [-0.3, -0.25) is 4.79 Å². The van der Waals surface area contributed by atoms with Gasteiger partial charge < -0.3 is 10.1 Å². The SMILES string of the molecule is CNCC(C)(C)CCC[C@@](C)(C(=O)OCc1ccccc1)c1cccc(I)c1. The molecule has 0 unspecified atom stereocenters. The molecule has 0 aliphatic heterocycles. The van der Waals surface area contributed by atoms with Gasteiger partial charge in [0.15, 0.2) is 0 Å². The highest BCUT2D eigenvalue weighted by molar-refractivity contribution is 14.1. The smallest absolute Gasteiger partial charge is 0.316 e. The molecule has 0 spiro atoms. The van der Waals surface area contributed by atoms with E-state index in [0.717, 1.165) is 40.5 Å². The van der Waals surface area contributed by atoms with Crippen molar-refractivity contribution in [2.75, 3.05) is 13.6 Å². The molecule has 0 saturated carbocycles. The molecule has 2 aromatic carbocycles. The van der Waals surface area contributed by atoms with Crippen LogP contribution in [0.3, 0.4) is 0 Å². The van der Waals surface area contributed by atoms with E-state index in [1.54, 1.807) is 0 Å². The largest absolute Gasteiger partial charge is 0.460 e. The summed E-state index contributed by atoms with van der Waals surface area (Å²) in [5, 5.41) is 3.26. The van der Waals surface area contributed by atoms with Crippen molar-refractivity contribution in [1.29, 1.82) is 0 Å². The zero-order valence-electron chi connectivity index (χ0n) is 17.4. The van der Waals surface area contributed by atoms with Gasteiger partial charge in [-0.1, -0.05) is 62.7 Å². The molecule has 4 heteroatoms. The van der Waals surface area contributed by atoms with Crippen molar-refractivity contribution in [2.24, 2.45) is 5.41 Å². The molecule has 3 nitrogen and oxygen atoms in total. The molecule has 0 aliphatic rings. The van der Waals surface area contributed by atoms with E-state index in [2.05, 4.69) is 53.9 Å². The van der Waals surface area contributed by atoms with Gasteiger partial charge in [-0.15, -0.1) is 0 Å². The fraction of sp³-hybridized carbons (Fsp3) is 0.458. The maximum atomic E-state index is 13.2. The van der Waals surface area contributed by atoms with Crippen molar-refractivity contribution in [1.82, 2.24) is 5.32 Å². The average Bonchev–Trinajstić information content (AvgIpc) is 2.66. The molecule has 0 amide bonds. The first-order valence-corrected chi connectivity index (χ1v) is 11.0. The molecule has 2 aromatic rings. The summed E-state index contributed by atoms with van der Waals surface area (Å²) in [6.07, 6.45) is 2.80. The Morgan fingerprint density at radius 2 is 1.75 bits per heavy atom. The summed E-state index contributed by atoms with van der Waals surface area (Å²) < 4.78 is 6.90. The van der Waals surface area contributed by atoms with Gasteiger partial charge in [-0.05, 0) is 84.6 Å². The quantitative estimate of drug-likeness (QED) is 0.341. The number of carbonyl (C=O) groups excluding carboxylic acids is 1. The van der Waals surface area contributed by atoms with Crippen LogP contribution in [0.15, 0.2) is 54.6 Å². The second-order valence-electron chi connectivity index (χ2n) is 8.45. The van der Waals surface area contributed by atoms with E-state index in [1.165, 1.54) is 0 Å². The van der Waals surface area contributed by atoms with E-state index in [0.29, 0.717) is 6.61 Å². The normalized spacial score (nSPS) is 13.8. The van der Waals surface area contributed by atoms with Crippen molar-refractivity contribution in [3.63, 3.8) is 0 Å². The Labute approximate surface area is 183 Å². The summed E-state index contributed by atoms with van der Waals surface area (Å²) in [5.74, 6) is -0.148. The fourth-order valence-corrected chi connectivity index (χ4v) is 4.11. The van der Waals surface area contributed by atoms with Gasteiger partial charge in [0.2, 0.25) is 0 Å². The van der Waals surface area contributed by atoms with E-state index in [1.807, 2.05) is 56.4 Å². The van der Waals surface area contributed by atoms with Crippen molar-refractivity contribution >= 4 is 28.6 Å². The molecule has 2 rings (SSSR count). The zero-order valence-corrected chi connectivity index (χ0v) is 19.6. The predicted molar refractivity (Wildman–Crippen MR) is 124 cm³/mol. The third kappa shape index (κ3) is 6.59. The lowest BCUT2D eigenvalue weighted by atomic mass is 9.76. The van der Waals surface area contributed by atoms with Crippen LogP contribution in [-0.2, 0) is 21.6 Å². The lowest BCUT2D eigenvalue weighted by Crippen LogP contribution is -2.35. The Morgan fingerprint density at radius 1 is 1.04 bits per heavy atom. The summed E-state index contributed by atoms with van der Waals surface area (Å²) in [6.45, 7) is 7.83. The Bertz CT molecular complexity index is 760. The van der Waals surface area contributed by atoms with Gasteiger partial charge in [0, 0.05) is 3.57 Å². The lowest BCUT2D eigenvalue weighted by molar-refractivity contribution is -0.151. The molecule has 1 N–H and O–H groups in total. The van der Waals surface area contributed by atoms with E-state index >= 15 is 0 Å². The van der Waals surface area contributed by atoms with Crippen molar-refractivity contribution in [2.45, 2.75) is 52.1 Å². The van der Waals surface area contributed by atoms with Crippen LogP contribution in [-0.4, -0.2) is 19.6 Å². The standard InChI is InChI=1S/C24H32INO2/c1-23(2,18-26-4)14-9-15-24(3,20-12-8-13-21(25)16-20)22(27)28-17-19-10-6-5-7-11-19/h5-8,10-13,16,26H,9,14-15,17-18H2,1-4H3/t24-/m1/s1. The summed E-state index contributed by atoms with van der Waals surface area (Å²) in [4.78, 5) is 13.2. The van der Waals surface area contributed by atoms with Gasteiger partial charge in [0.1, 0.15) is 6.61 Å². The number of hydrogen-bond donors (Lipinski definition) is 1. The highest BCUT2D eigenvalue weighted by atomic mass is 127. The third-order valence-corrected chi connectivity index (χ3v) is 5.98. The van der Waals surface area contributed by atoms with Crippen molar-refractivity contribution < 1.29 is 9.53 Å². The summed E-state index contributed by atoms with van der Waals surface area (Å²) >= 11 is 2.30. The third-order valence-electron chi connectivity index (χ3n) is 5.31. The van der Waals surface area contributed by atoms with E-state index in [-0.39, 0.29) is 11.4 Å². The molecule has 0 aromatic heterocycles. The molecule has 0 fully saturated rings. The number of hydrogen-bond acceptors (Lipinski definition) is 3. The van der Waals surface area contributed by atoms with Crippen LogP contribution >= 0.6 is 22.6 Å². The number of nitrogens with one attached hydrogen (secondary N) is 1. The lowest BCUT2D eigenvalue weighted by Gasteiger charge is -2.30. The molecular formula is C24H32INO2. The van der Waals surface area contributed by atoms with Gasteiger partial charge in [0.05, 0.1) is 5.41 Å². The first kappa shape index (κ1) is 22.9. The van der Waals surface area contributed by atoms with Crippen molar-refractivity contribution in [3.05, 3.63) is 69.3 Å². The summed E-state index contributed by atoms with van der Waals surface area (Å²) in [6, 6.07) is 18.1. The van der Waals surface area contributed by atoms with E-state index in [4.69, 9.17) is 4.74 Å². The Balaban J connectivity index is 2.14. The molecule has 0 saturated heterocycles. The molecule has 28 heavy (non-hydrogen) atoms.